The summed E-state index contributed by atoms with van der Waals surface area (Å²) >= 11 is 0. The summed E-state index contributed by atoms with van der Waals surface area (Å²) in [5.41, 5.74) is 1.55. The minimum absolute atomic E-state index is 0.106. The van der Waals surface area contributed by atoms with E-state index in [0.29, 0.717) is 43.0 Å². The summed E-state index contributed by atoms with van der Waals surface area (Å²) in [7, 11) is 0. The highest BCUT2D eigenvalue weighted by Crippen LogP contribution is 2.32. The number of benzene rings is 2. The van der Waals surface area contributed by atoms with E-state index in [-0.39, 0.29) is 22.9 Å². The van der Waals surface area contributed by atoms with Crippen molar-refractivity contribution in [2.75, 3.05) is 31.1 Å². The number of hydrogen-bond donors (Lipinski definition) is 0. The molecule has 4 amide bonds. The van der Waals surface area contributed by atoms with Gasteiger partial charge in [-0.1, -0.05) is 37.8 Å². The Balaban J connectivity index is 1.44. The van der Waals surface area contributed by atoms with Crippen LogP contribution in [0.2, 0.25) is 0 Å². The van der Waals surface area contributed by atoms with Crippen molar-refractivity contribution >= 4 is 29.3 Å². The lowest BCUT2D eigenvalue weighted by molar-refractivity contribution is 0.0754. The van der Waals surface area contributed by atoms with E-state index in [0.717, 1.165) is 56.3 Å². The van der Waals surface area contributed by atoms with Crippen molar-refractivity contribution in [3.8, 4) is 0 Å². The van der Waals surface area contributed by atoms with Gasteiger partial charge in [-0.05, 0) is 56.0 Å². The number of fused-ring (bicyclic) bond motifs is 1. The van der Waals surface area contributed by atoms with E-state index in [1.54, 1.807) is 42.5 Å². The smallest absolute Gasteiger partial charge is 0.266 e. The van der Waals surface area contributed by atoms with Gasteiger partial charge in [-0.3, -0.25) is 19.2 Å². The number of imide groups is 1. The van der Waals surface area contributed by atoms with Gasteiger partial charge in [0.05, 0.1) is 22.4 Å². The average Bonchev–Trinajstić information content (AvgIpc) is 3.21. The lowest BCUT2D eigenvalue weighted by Gasteiger charge is -2.24. The third-order valence-electron chi connectivity index (χ3n) is 7.30. The molecule has 5 rings (SSSR count). The summed E-state index contributed by atoms with van der Waals surface area (Å²) in [5, 5.41) is 0. The van der Waals surface area contributed by atoms with E-state index in [2.05, 4.69) is 0 Å². The van der Waals surface area contributed by atoms with E-state index >= 15 is 0 Å². The lowest BCUT2D eigenvalue weighted by Crippen LogP contribution is -2.35. The Bertz CT molecular complexity index is 1160. The van der Waals surface area contributed by atoms with Crippen molar-refractivity contribution in [3.63, 3.8) is 0 Å². The van der Waals surface area contributed by atoms with E-state index < -0.39 is 11.8 Å². The van der Waals surface area contributed by atoms with Crippen LogP contribution < -0.4 is 4.90 Å². The standard InChI is InChI=1S/C28H31N3O4/c32-25(29-15-7-1-2-8-16-29)20-13-14-21-23(19-20)28(35)31(27(21)34)24-12-6-5-11-22(24)26(33)30-17-9-3-4-10-18-30/h5-6,11-14,19H,1-4,7-10,15-18H2. The van der Waals surface area contributed by atoms with Crippen molar-refractivity contribution in [2.24, 2.45) is 0 Å². The average molecular weight is 474 g/mol. The number of nitrogens with zero attached hydrogens (tertiary/aromatic N) is 3. The molecule has 3 aliphatic rings. The molecule has 3 aliphatic heterocycles. The first-order valence-electron chi connectivity index (χ1n) is 12.8. The number of hydrogen-bond acceptors (Lipinski definition) is 4. The Morgan fingerprint density at radius 1 is 0.600 bits per heavy atom. The van der Waals surface area contributed by atoms with Crippen LogP contribution in [0, 0.1) is 0 Å². The zero-order chi connectivity index (χ0) is 24.4. The van der Waals surface area contributed by atoms with Crippen LogP contribution in [0.25, 0.3) is 0 Å². The molecule has 2 aromatic rings. The Hall–Kier alpha value is -3.48. The van der Waals surface area contributed by atoms with Gasteiger partial charge in [0, 0.05) is 31.7 Å². The Kier molecular flexibility index (Phi) is 6.66. The predicted octanol–water partition coefficient (Wildman–Crippen LogP) is 4.52. The normalized spacial score (nSPS) is 18.8. The molecule has 0 atom stereocenters. The molecule has 2 saturated heterocycles. The lowest BCUT2D eigenvalue weighted by atomic mass is 10.0. The first-order valence-corrected chi connectivity index (χ1v) is 12.8. The van der Waals surface area contributed by atoms with Gasteiger partial charge in [0.1, 0.15) is 0 Å². The maximum Gasteiger partial charge on any atom is 0.266 e. The van der Waals surface area contributed by atoms with Crippen molar-refractivity contribution in [1.82, 2.24) is 9.80 Å². The fourth-order valence-electron chi connectivity index (χ4n) is 5.34. The van der Waals surface area contributed by atoms with E-state index in [9.17, 15) is 19.2 Å². The highest BCUT2D eigenvalue weighted by molar-refractivity contribution is 6.35. The minimum atomic E-state index is -0.494. The van der Waals surface area contributed by atoms with Crippen LogP contribution in [-0.4, -0.2) is 59.6 Å². The zero-order valence-electron chi connectivity index (χ0n) is 20.0. The molecule has 7 nitrogen and oxygen atoms in total. The summed E-state index contributed by atoms with van der Waals surface area (Å²) in [4.78, 5) is 58.0. The molecule has 7 heteroatoms. The third kappa shape index (κ3) is 4.47. The molecular weight excluding hydrogens is 442 g/mol. The van der Waals surface area contributed by atoms with Crippen molar-refractivity contribution < 1.29 is 19.2 Å². The first kappa shape index (κ1) is 23.3. The first-order chi connectivity index (χ1) is 17.1. The number of carbonyl (C=O) groups excluding carboxylic acids is 4. The molecular formula is C28H31N3O4. The van der Waals surface area contributed by atoms with Gasteiger partial charge < -0.3 is 9.80 Å². The van der Waals surface area contributed by atoms with Crippen LogP contribution in [0.1, 0.15) is 92.8 Å². The number of rotatable bonds is 3. The number of carbonyl (C=O) groups is 4. The van der Waals surface area contributed by atoms with E-state index in [4.69, 9.17) is 0 Å². The van der Waals surface area contributed by atoms with Crippen LogP contribution in [-0.2, 0) is 0 Å². The van der Waals surface area contributed by atoms with Gasteiger partial charge in [-0.15, -0.1) is 0 Å². The number of amides is 4. The molecule has 2 aromatic carbocycles. The van der Waals surface area contributed by atoms with Crippen LogP contribution in [0.3, 0.4) is 0 Å². The molecule has 0 unspecified atom stereocenters. The second-order valence-electron chi connectivity index (χ2n) is 9.64. The largest absolute Gasteiger partial charge is 0.339 e. The molecule has 0 aromatic heterocycles. The summed E-state index contributed by atoms with van der Waals surface area (Å²) < 4.78 is 0. The maximum absolute atomic E-state index is 13.5. The predicted molar refractivity (Wildman–Crippen MR) is 133 cm³/mol. The zero-order valence-corrected chi connectivity index (χ0v) is 20.0. The number of anilines is 1. The summed E-state index contributed by atoms with van der Waals surface area (Å²) in [6.07, 6.45) is 8.29. The SMILES string of the molecule is O=C(c1ccc2c(c1)C(=O)N(c1ccccc1C(=O)N1CCCCCC1)C2=O)N1CCCCCC1. The maximum atomic E-state index is 13.5. The molecule has 2 fully saturated rings. The van der Waals surface area contributed by atoms with Crippen molar-refractivity contribution in [3.05, 3.63) is 64.7 Å². The Labute approximate surface area is 205 Å². The monoisotopic (exact) mass is 473 g/mol. The molecule has 3 heterocycles. The summed E-state index contributed by atoms with van der Waals surface area (Å²) in [5.74, 6) is -1.22. The van der Waals surface area contributed by atoms with Crippen LogP contribution in [0.5, 0.6) is 0 Å². The second kappa shape index (κ2) is 10.0. The van der Waals surface area contributed by atoms with Gasteiger partial charge in [0.25, 0.3) is 23.6 Å². The molecule has 0 N–H and O–H groups in total. The van der Waals surface area contributed by atoms with Gasteiger partial charge in [-0.25, -0.2) is 4.90 Å². The molecule has 0 bridgehead atoms. The Morgan fingerprint density at radius 3 is 1.77 bits per heavy atom. The number of likely N-dealkylation sites (tertiary alicyclic amines) is 2. The Morgan fingerprint density at radius 2 is 1.14 bits per heavy atom. The van der Waals surface area contributed by atoms with Crippen molar-refractivity contribution in [1.29, 1.82) is 0 Å². The number of para-hydroxylation sites is 1. The van der Waals surface area contributed by atoms with Gasteiger partial charge >= 0.3 is 0 Å². The summed E-state index contributed by atoms with van der Waals surface area (Å²) in [6.45, 7) is 2.77. The van der Waals surface area contributed by atoms with Gasteiger partial charge in [0.2, 0.25) is 0 Å². The van der Waals surface area contributed by atoms with Gasteiger partial charge in [0.15, 0.2) is 0 Å². The van der Waals surface area contributed by atoms with E-state index in [1.807, 2.05) is 9.80 Å². The topological polar surface area (TPSA) is 78.0 Å². The molecule has 0 radical (unpaired) electrons. The van der Waals surface area contributed by atoms with Crippen LogP contribution >= 0.6 is 0 Å². The molecule has 0 saturated carbocycles. The third-order valence-corrected chi connectivity index (χ3v) is 7.30. The van der Waals surface area contributed by atoms with Gasteiger partial charge in [-0.2, -0.15) is 0 Å². The highest BCUT2D eigenvalue weighted by atomic mass is 16.2. The molecule has 0 aliphatic carbocycles. The van der Waals surface area contributed by atoms with E-state index in [1.165, 1.54) is 0 Å². The molecule has 35 heavy (non-hydrogen) atoms. The van der Waals surface area contributed by atoms with Crippen LogP contribution in [0.4, 0.5) is 5.69 Å². The minimum Gasteiger partial charge on any atom is -0.339 e. The summed E-state index contributed by atoms with van der Waals surface area (Å²) in [6, 6.07) is 11.6. The highest BCUT2D eigenvalue weighted by Gasteiger charge is 2.39. The van der Waals surface area contributed by atoms with Crippen LogP contribution in [0.15, 0.2) is 42.5 Å². The fourth-order valence-corrected chi connectivity index (χ4v) is 5.34. The molecule has 182 valence electrons. The van der Waals surface area contributed by atoms with Crippen molar-refractivity contribution in [2.45, 2.75) is 51.4 Å². The molecule has 0 spiro atoms. The second-order valence-corrected chi connectivity index (χ2v) is 9.64. The quantitative estimate of drug-likeness (QED) is 0.614. The fraction of sp³-hybridized carbons (Fsp3) is 0.429.